The number of likely N-dealkylation sites (tertiary alicyclic amines) is 1. The zero-order valence-corrected chi connectivity index (χ0v) is 11.6. The fraction of sp³-hybridized carbons (Fsp3) is 0.571. The fourth-order valence-electron chi connectivity index (χ4n) is 2.35. The number of amides is 2. The molecule has 1 aliphatic heterocycles. The number of carbonyl (C=O) groups is 2. The van der Waals surface area contributed by atoms with E-state index in [0.29, 0.717) is 32.0 Å². The standard InChI is InChI=1S/C14H20N2O4/c1-19-9-6-15-13(17)11-4-2-7-16(10-11)14(18)12-5-3-8-20-12/h3,5,8,11H,2,4,6-7,9-10H2,1H3,(H,15,17)/t11-/m0/s1. The van der Waals surface area contributed by atoms with E-state index in [4.69, 9.17) is 9.15 Å². The first-order valence-corrected chi connectivity index (χ1v) is 6.82. The molecule has 0 spiro atoms. The quantitative estimate of drug-likeness (QED) is 0.813. The lowest BCUT2D eigenvalue weighted by Gasteiger charge is -2.31. The van der Waals surface area contributed by atoms with Crippen molar-refractivity contribution in [3.63, 3.8) is 0 Å². The summed E-state index contributed by atoms with van der Waals surface area (Å²) in [6, 6.07) is 3.33. The minimum absolute atomic E-state index is 0.0148. The summed E-state index contributed by atoms with van der Waals surface area (Å²) in [7, 11) is 1.59. The Labute approximate surface area is 118 Å². The highest BCUT2D eigenvalue weighted by atomic mass is 16.5. The number of nitrogens with zero attached hydrogens (tertiary/aromatic N) is 1. The van der Waals surface area contributed by atoms with Crippen LogP contribution in [0.3, 0.4) is 0 Å². The van der Waals surface area contributed by atoms with Crippen LogP contribution in [0.25, 0.3) is 0 Å². The third-order valence-corrected chi connectivity index (χ3v) is 3.42. The molecule has 20 heavy (non-hydrogen) atoms. The molecular weight excluding hydrogens is 260 g/mol. The van der Waals surface area contributed by atoms with E-state index in [9.17, 15) is 9.59 Å². The molecule has 1 fully saturated rings. The number of methoxy groups -OCH3 is 1. The molecule has 2 heterocycles. The molecule has 0 bridgehead atoms. The van der Waals surface area contributed by atoms with Gasteiger partial charge in [-0.25, -0.2) is 0 Å². The van der Waals surface area contributed by atoms with Gasteiger partial charge in [0.1, 0.15) is 0 Å². The van der Waals surface area contributed by atoms with Gasteiger partial charge < -0.3 is 19.4 Å². The van der Waals surface area contributed by atoms with Crippen molar-refractivity contribution in [3.05, 3.63) is 24.2 Å². The monoisotopic (exact) mass is 280 g/mol. The molecule has 6 nitrogen and oxygen atoms in total. The number of furan rings is 1. The number of hydrogen-bond donors (Lipinski definition) is 1. The molecule has 0 aromatic carbocycles. The van der Waals surface area contributed by atoms with E-state index >= 15 is 0 Å². The first-order chi connectivity index (χ1) is 9.72. The van der Waals surface area contributed by atoms with Crippen LogP contribution >= 0.6 is 0 Å². The predicted molar refractivity (Wildman–Crippen MR) is 72.2 cm³/mol. The van der Waals surface area contributed by atoms with Gasteiger partial charge in [0, 0.05) is 26.7 Å². The van der Waals surface area contributed by atoms with E-state index < -0.39 is 0 Å². The van der Waals surface area contributed by atoms with Crippen LogP contribution in [-0.2, 0) is 9.53 Å². The molecule has 1 saturated heterocycles. The zero-order valence-electron chi connectivity index (χ0n) is 11.6. The Morgan fingerprint density at radius 3 is 3.10 bits per heavy atom. The molecule has 0 radical (unpaired) electrons. The Morgan fingerprint density at radius 1 is 1.55 bits per heavy atom. The Kier molecular flexibility index (Phi) is 5.17. The molecule has 2 amide bonds. The van der Waals surface area contributed by atoms with Gasteiger partial charge in [-0.2, -0.15) is 0 Å². The molecule has 1 atom stereocenters. The number of rotatable bonds is 5. The maximum Gasteiger partial charge on any atom is 0.289 e. The maximum absolute atomic E-state index is 12.2. The molecular formula is C14H20N2O4. The normalized spacial score (nSPS) is 18.9. The van der Waals surface area contributed by atoms with Gasteiger partial charge in [-0.05, 0) is 25.0 Å². The van der Waals surface area contributed by atoms with Crippen LogP contribution in [-0.4, -0.2) is 50.1 Å². The number of piperidine rings is 1. The van der Waals surface area contributed by atoms with E-state index in [1.807, 2.05) is 0 Å². The van der Waals surface area contributed by atoms with Crippen molar-refractivity contribution in [3.8, 4) is 0 Å². The van der Waals surface area contributed by atoms with Gasteiger partial charge in [0.05, 0.1) is 18.8 Å². The fourth-order valence-corrected chi connectivity index (χ4v) is 2.35. The predicted octanol–water partition coefficient (Wildman–Crippen LogP) is 0.894. The van der Waals surface area contributed by atoms with Crippen molar-refractivity contribution in [2.24, 2.45) is 5.92 Å². The number of nitrogens with one attached hydrogen (secondary N) is 1. The van der Waals surface area contributed by atoms with Crippen LogP contribution < -0.4 is 5.32 Å². The molecule has 6 heteroatoms. The smallest absolute Gasteiger partial charge is 0.289 e. The van der Waals surface area contributed by atoms with Crippen LogP contribution in [0.4, 0.5) is 0 Å². The van der Waals surface area contributed by atoms with Crippen LogP contribution in [0.2, 0.25) is 0 Å². The van der Waals surface area contributed by atoms with Gasteiger partial charge in [-0.15, -0.1) is 0 Å². The van der Waals surface area contributed by atoms with Gasteiger partial charge in [0.25, 0.3) is 5.91 Å². The first kappa shape index (κ1) is 14.6. The lowest BCUT2D eigenvalue weighted by atomic mass is 9.97. The van der Waals surface area contributed by atoms with Crippen LogP contribution in [0, 0.1) is 5.92 Å². The topological polar surface area (TPSA) is 71.8 Å². The maximum atomic E-state index is 12.2. The van der Waals surface area contributed by atoms with E-state index in [1.165, 1.54) is 6.26 Å². The third kappa shape index (κ3) is 3.60. The highest BCUT2D eigenvalue weighted by molar-refractivity contribution is 5.92. The van der Waals surface area contributed by atoms with Gasteiger partial charge >= 0.3 is 0 Å². The molecule has 1 aromatic heterocycles. The summed E-state index contributed by atoms with van der Waals surface area (Å²) in [6.45, 7) is 2.10. The second-order valence-electron chi connectivity index (χ2n) is 4.85. The Hall–Kier alpha value is -1.82. The highest BCUT2D eigenvalue weighted by Crippen LogP contribution is 2.19. The third-order valence-electron chi connectivity index (χ3n) is 3.42. The molecule has 0 saturated carbocycles. The molecule has 0 aliphatic carbocycles. The van der Waals surface area contributed by atoms with Crippen LogP contribution in [0.15, 0.2) is 22.8 Å². The summed E-state index contributed by atoms with van der Waals surface area (Å²) in [5, 5.41) is 2.82. The minimum Gasteiger partial charge on any atom is -0.459 e. The van der Waals surface area contributed by atoms with Gasteiger partial charge in [-0.1, -0.05) is 0 Å². The molecule has 0 unspecified atom stereocenters. The van der Waals surface area contributed by atoms with Gasteiger partial charge in [0.15, 0.2) is 5.76 Å². The average Bonchev–Trinajstić information content (AvgIpc) is 3.01. The number of carbonyl (C=O) groups excluding carboxylic acids is 2. The molecule has 1 aliphatic rings. The zero-order chi connectivity index (χ0) is 14.4. The van der Waals surface area contributed by atoms with E-state index in [2.05, 4.69) is 5.32 Å². The number of hydrogen-bond acceptors (Lipinski definition) is 4. The van der Waals surface area contributed by atoms with E-state index in [1.54, 1.807) is 24.1 Å². The second-order valence-corrected chi connectivity index (χ2v) is 4.85. The summed E-state index contributed by atoms with van der Waals surface area (Å²) in [5.74, 6) is 0.00773. The van der Waals surface area contributed by atoms with Gasteiger partial charge in [0.2, 0.25) is 5.91 Å². The summed E-state index contributed by atoms with van der Waals surface area (Å²) >= 11 is 0. The summed E-state index contributed by atoms with van der Waals surface area (Å²) < 4.78 is 10.0. The average molecular weight is 280 g/mol. The Morgan fingerprint density at radius 2 is 2.40 bits per heavy atom. The van der Waals surface area contributed by atoms with Crippen molar-refractivity contribution in [2.45, 2.75) is 12.8 Å². The van der Waals surface area contributed by atoms with Crippen molar-refractivity contribution in [1.82, 2.24) is 10.2 Å². The lowest BCUT2D eigenvalue weighted by molar-refractivity contribution is -0.126. The summed E-state index contributed by atoms with van der Waals surface area (Å²) in [5.41, 5.74) is 0. The lowest BCUT2D eigenvalue weighted by Crippen LogP contribution is -2.45. The Bertz CT molecular complexity index is 444. The van der Waals surface area contributed by atoms with Crippen LogP contribution in [0.5, 0.6) is 0 Å². The van der Waals surface area contributed by atoms with Crippen molar-refractivity contribution < 1.29 is 18.7 Å². The molecule has 1 aromatic rings. The first-order valence-electron chi connectivity index (χ1n) is 6.82. The van der Waals surface area contributed by atoms with Crippen molar-refractivity contribution >= 4 is 11.8 Å². The van der Waals surface area contributed by atoms with Crippen molar-refractivity contribution in [2.75, 3.05) is 33.4 Å². The molecule has 1 N–H and O–H groups in total. The minimum atomic E-state index is -0.153. The molecule has 2 rings (SSSR count). The van der Waals surface area contributed by atoms with E-state index in [-0.39, 0.29) is 17.7 Å². The van der Waals surface area contributed by atoms with Gasteiger partial charge in [-0.3, -0.25) is 9.59 Å². The SMILES string of the molecule is COCCNC(=O)[C@H]1CCCN(C(=O)c2ccco2)C1. The Balaban J connectivity index is 1.88. The van der Waals surface area contributed by atoms with Crippen LogP contribution in [0.1, 0.15) is 23.4 Å². The summed E-state index contributed by atoms with van der Waals surface area (Å²) in [6.07, 6.45) is 3.11. The summed E-state index contributed by atoms with van der Waals surface area (Å²) in [4.78, 5) is 25.9. The largest absolute Gasteiger partial charge is 0.459 e. The molecule has 110 valence electrons. The van der Waals surface area contributed by atoms with Crippen molar-refractivity contribution in [1.29, 1.82) is 0 Å². The number of ether oxygens (including phenoxy) is 1. The van der Waals surface area contributed by atoms with E-state index in [0.717, 1.165) is 12.8 Å². The highest BCUT2D eigenvalue weighted by Gasteiger charge is 2.29. The second kappa shape index (κ2) is 7.09.